The molecule has 1 aliphatic carbocycles. The lowest BCUT2D eigenvalue weighted by Gasteiger charge is -2.31. The van der Waals surface area contributed by atoms with E-state index < -0.39 is 0 Å². The molecular weight excluding hydrogens is 176 g/mol. The Morgan fingerprint density at radius 1 is 1.29 bits per heavy atom. The third kappa shape index (κ3) is 1.79. The SMILES string of the molecule is COC(=O)C1(C(C)C)CCC(C)(C)C1. The Labute approximate surface area is 87.0 Å². The summed E-state index contributed by atoms with van der Waals surface area (Å²) < 4.78 is 4.95. The molecule has 0 amide bonds. The molecule has 0 heterocycles. The number of carbonyl (C=O) groups excluding carboxylic acids is 1. The Hall–Kier alpha value is -0.530. The van der Waals surface area contributed by atoms with Crippen LogP contribution in [0.25, 0.3) is 0 Å². The van der Waals surface area contributed by atoms with Crippen molar-refractivity contribution < 1.29 is 9.53 Å². The number of hydrogen-bond donors (Lipinski definition) is 0. The Balaban J connectivity index is 2.92. The van der Waals surface area contributed by atoms with E-state index in [-0.39, 0.29) is 11.4 Å². The first-order valence-corrected chi connectivity index (χ1v) is 5.42. The van der Waals surface area contributed by atoms with Gasteiger partial charge in [-0.3, -0.25) is 4.79 Å². The van der Waals surface area contributed by atoms with Gasteiger partial charge >= 0.3 is 5.97 Å². The van der Waals surface area contributed by atoms with Gasteiger partial charge in [0.05, 0.1) is 12.5 Å². The summed E-state index contributed by atoms with van der Waals surface area (Å²) in [5.41, 5.74) is 0.0662. The van der Waals surface area contributed by atoms with Crippen LogP contribution in [0.15, 0.2) is 0 Å². The van der Waals surface area contributed by atoms with Gasteiger partial charge in [0.2, 0.25) is 0 Å². The summed E-state index contributed by atoms with van der Waals surface area (Å²) in [6, 6.07) is 0. The van der Waals surface area contributed by atoms with Gasteiger partial charge in [0.15, 0.2) is 0 Å². The second-order valence-corrected chi connectivity index (χ2v) is 5.64. The molecule has 0 aromatic rings. The highest BCUT2D eigenvalue weighted by atomic mass is 16.5. The molecule has 1 fully saturated rings. The van der Waals surface area contributed by atoms with Crippen molar-refractivity contribution in [2.75, 3.05) is 7.11 Å². The molecule has 1 atom stereocenters. The number of esters is 1. The molecule has 1 aliphatic rings. The zero-order chi connectivity index (χ0) is 11.0. The average Bonchev–Trinajstić information content (AvgIpc) is 2.42. The largest absolute Gasteiger partial charge is 0.469 e. The minimum atomic E-state index is -0.224. The third-order valence-electron chi connectivity index (χ3n) is 3.74. The van der Waals surface area contributed by atoms with Crippen LogP contribution in [-0.2, 0) is 9.53 Å². The van der Waals surface area contributed by atoms with Crippen LogP contribution in [0.5, 0.6) is 0 Å². The minimum Gasteiger partial charge on any atom is -0.469 e. The van der Waals surface area contributed by atoms with E-state index in [2.05, 4.69) is 27.7 Å². The number of carbonyl (C=O) groups is 1. The van der Waals surface area contributed by atoms with E-state index in [4.69, 9.17) is 4.74 Å². The first kappa shape index (κ1) is 11.5. The fourth-order valence-electron chi connectivity index (χ4n) is 2.70. The van der Waals surface area contributed by atoms with E-state index in [0.717, 1.165) is 19.3 Å². The highest BCUT2D eigenvalue weighted by Gasteiger charge is 2.51. The summed E-state index contributed by atoms with van der Waals surface area (Å²) in [6.45, 7) is 8.72. The van der Waals surface area contributed by atoms with Crippen LogP contribution in [0, 0.1) is 16.7 Å². The zero-order valence-electron chi connectivity index (χ0n) is 10.0. The maximum atomic E-state index is 11.8. The lowest BCUT2D eigenvalue weighted by atomic mass is 9.73. The highest BCUT2D eigenvalue weighted by molar-refractivity contribution is 5.77. The topological polar surface area (TPSA) is 26.3 Å². The molecule has 0 saturated heterocycles. The monoisotopic (exact) mass is 198 g/mol. The van der Waals surface area contributed by atoms with Gasteiger partial charge in [-0.25, -0.2) is 0 Å². The van der Waals surface area contributed by atoms with Gasteiger partial charge in [0.25, 0.3) is 0 Å². The lowest BCUT2D eigenvalue weighted by Crippen LogP contribution is -2.35. The number of rotatable bonds is 2. The smallest absolute Gasteiger partial charge is 0.312 e. The first-order chi connectivity index (χ1) is 6.34. The number of hydrogen-bond acceptors (Lipinski definition) is 2. The maximum Gasteiger partial charge on any atom is 0.312 e. The summed E-state index contributed by atoms with van der Waals surface area (Å²) in [5, 5.41) is 0. The molecule has 0 aromatic heterocycles. The van der Waals surface area contributed by atoms with E-state index in [1.165, 1.54) is 7.11 Å². The van der Waals surface area contributed by atoms with Crippen molar-refractivity contribution in [3.63, 3.8) is 0 Å². The number of ether oxygens (including phenoxy) is 1. The average molecular weight is 198 g/mol. The molecular formula is C12H22O2. The predicted octanol–water partition coefficient (Wildman–Crippen LogP) is 3.01. The van der Waals surface area contributed by atoms with Gasteiger partial charge in [-0.2, -0.15) is 0 Å². The molecule has 0 aliphatic heterocycles. The van der Waals surface area contributed by atoms with Crippen LogP contribution in [0.4, 0.5) is 0 Å². The van der Waals surface area contributed by atoms with Crippen LogP contribution >= 0.6 is 0 Å². The van der Waals surface area contributed by atoms with Crippen molar-refractivity contribution in [1.29, 1.82) is 0 Å². The molecule has 14 heavy (non-hydrogen) atoms. The first-order valence-electron chi connectivity index (χ1n) is 5.42. The van der Waals surface area contributed by atoms with Gasteiger partial charge in [-0.05, 0) is 30.6 Å². The van der Waals surface area contributed by atoms with Crippen LogP contribution in [0.1, 0.15) is 47.0 Å². The van der Waals surface area contributed by atoms with Crippen LogP contribution in [-0.4, -0.2) is 13.1 Å². The quantitative estimate of drug-likeness (QED) is 0.637. The molecule has 0 aromatic carbocycles. The molecule has 0 bridgehead atoms. The molecule has 0 N–H and O–H groups in total. The standard InChI is InChI=1S/C12H22O2/c1-9(2)12(10(13)14-5)7-6-11(3,4)8-12/h9H,6-8H2,1-5H3. The van der Waals surface area contributed by atoms with Gasteiger partial charge in [-0.1, -0.05) is 27.7 Å². The van der Waals surface area contributed by atoms with Crippen molar-refractivity contribution in [2.45, 2.75) is 47.0 Å². The van der Waals surface area contributed by atoms with Gasteiger partial charge < -0.3 is 4.74 Å². The van der Waals surface area contributed by atoms with E-state index in [0.29, 0.717) is 11.3 Å². The lowest BCUT2D eigenvalue weighted by molar-refractivity contribution is -0.156. The van der Waals surface area contributed by atoms with E-state index in [1.54, 1.807) is 0 Å². The fraction of sp³-hybridized carbons (Fsp3) is 0.917. The number of methoxy groups -OCH3 is 1. The zero-order valence-corrected chi connectivity index (χ0v) is 10.0. The summed E-state index contributed by atoms with van der Waals surface area (Å²) >= 11 is 0. The van der Waals surface area contributed by atoms with Crippen LogP contribution < -0.4 is 0 Å². The minimum absolute atomic E-state index is 0.0157. The molecule has 0 spiro atoms. The molecule has 82 valence electrons. The Bertz CT molecular complexity index is 230. The van der Waals surface area contributed by atoms with Crippen LogP contribution in [0.3, 0.4) is 0 Å². The molecule has 2 nitrogen and oxygen atoms in total. The molecule has 1 saturated carbocycles. The van der Waals surface area contributed by atoms with Gasteiger partial charge in [0, 0.05) is 0 Å². The van der Waals surface area contributed by atoms with Gasteiger partial charge in [-0.15, -0.1) is 0 Å². The van der Waals surface area contributed by atoms with E-state index in [1.807, 2.05) is 0 Å². The van der Waals surface area contributed by atoms with Crippen molar-refractivity contribution >= 4 is 5.97 Å². The Morgan fingerprint density at radius 3 is 2.14 bits per heavy atom. The summed E-state index contributed by atoms with van der Waals surface area (Å²) in [7, 11) is 1.50. The second-order valence-electron chi connectivity index (χ2n) is 5.64. The molecule has 1 rings (SSSR count). The summed E-state index contributed by atoms with van der Waals surface area (Å²) in [5.74, 6) is 0.356. The van der Waals surface area contributed by atoms with Crippen LogP contribution in [0.2, 0.25) is 0 Å². The van der Waals surface area contributed by atoms with Crippen molar-refractivity contribution in [2.24, 2.45) is 16.7 Å². The van der Waals surface area contributed by atoms with Crippen molar-refractivity contribution in [1.82, 2.24) is 0 Å². The van der Waals surface area contributed by atoms with Crippen molar-refractivity contribution in [3.8, 4) is 0 Å². The normalized spacial score (nSPS) is 30.7. The van der Waals surface area contributed by atoms with Gasteiger partial charge in [0.1, 0.15) is 0 Å². The molecule has 1 unspecified atom stereocenters. The molecule has 0 radical (unpaired) electrons. The highest BCUT2D eigenvalue weighted by Crippen LogP contribution is 2.53. The molecule has 2 heteroatoms. The predicted molar refractivity (Wildman–Crippen MR) is 56.9 cm³/mol. The third-order valence-corrected chi connectivity index (χ3v) is 3.74. The summed E-state index contributed by atoms with van der Waals surface area (Å²) in [4.78, 5) is 11.8. The fourth-order valence-corrected chi connectivity index (χ4v) is 2.70. The van der Waals surface area contributed by atoms with E-state index in [9.17, 15) is 4.79 Å². The Morgan fingerprint density at radius 2 is 1.86 bits per heavy atom. The maximum absolute atomic E-state index is 11.8. The van der Waals surface area contributed by atoms with Crippen molar-refractivity contribution in [3.05, 3.63) is 0 Å². The summed E-state index contributed by atoms with van der Waals surface area (Å²) in [6.07, 6.45) is 3.06. The Kier molecular flexibility index (Phi) is 2.93. The van der Waals surface area contributed by atoms with E-state index >= 15 is 0 Å². The second kappa shape index (κ2) is 3.56.